The monoisotopic (exact) mass is 340 g/mol. The third-order valence-electron chi connectivity index (χ3n) is 5.14. The normalized spacial score (nSPS) is 24.3. The molecule has 128 valence electrons. The summed E-state index contributed by atoms with van der Waals surface area (Å²) in [5.74, 6) is 0.861. The predicted octanol–water partition coefficient (Wildman–Crippen LogP) is 2.75. The minimum absolute atomic E-state index is 0.144. The lowest BCUT2D eigenvalue weighted by molar-refractivity contribution is 0.127. The number of para-hydroxylation sites is 1. The quantitative estimate of drug-likeness (QED) is 0.571. The maximum atomic E-state index is 12.9. The average molecular weight is 340 g/mol. The highest BCUT2D eigenvalue weighted by molar-refractivity contribution is 5.97. The van der Waals surface area contributed by atoms with Crippen LogP contribution < -0.4 is 14.9 Å². The Morgan fingerprint density at radius 1 is 1.32 bits per heavy atom. The summed E-state index contributed by atoms with van der Waals surface area (Å²) in [6.45, 7) is 2.62. The van der Waals surface area contributed by atoms with Crippen molar-refractivity contribution >= 4 is 21.9 Å². The molecule has 0 radical (unpaired) electrons. The van der Waals surface area contributed by atoms with Crippen LogP contribution in [0.2, 0.25) is 0 Å². The fraction of sp³-hybridized carbons (Fsp3) is 0.316. The Labute approximate surface area is 142 Å². The number of benzene rings is 2. The van der Waals surface area contributed by atoms with E-state index in [4.69, 9.17) is 18.6 Å². The van der Waals surface area contributed by atoms with Gasteiger partial charge in [0, 0.05) is 18.1 Å². The summed E-state index contributed by atoms with van der Waals surface area (Å²) in [5, 5.41) is 10.9. The molecule has 6 nitrogen and oxygen atoms in total. The molecule has 1 aromatic heterocycles. The first kappa shape index (κ1) is 14.6. The van der Waals surface area contributed by atoms with Crippen molar-refractivity contribution in [2.45, 2.75) is 25.0 Å². The molecule has 2 aliphatic rings. The first-order valence-corrected chi connectivity index (χ1v) is 8.11. The van der Waals surface area contributed by atoms with Gasteiger partial charge >= 0.3 is 0 Å². The Morgan fingerprint density at radius 2 is 2.12 bits per heavy atom. The van der Waals surface area contributed by atoms with Crippen LogP contribution in [0, 0.1) is 0 Å². The largest absolute Gasteiger partial charge is 0.507 e. The fourth-order valence-electron chi connectivity index (χ4n) is 3.51. The third kappa shape index (κ3) is 1.91. The SMILES string of the molecule is COc1cccc2c(=O)c3c(O)cc4c(c3oc12)C[C@H]([C@@]1(C)CO1)O4. The van der Waals surface area contributed by atoms with Gasteiger partial charge in [-0.3, -0.25) is 4.79 Å². The number of epoxide rings is 1. The molecule has 0 aliphatic carbocycles. The number of ether oxygens (including phenoxy) is 3. The topological polar surface area (TPSA) is 81.4 Å². The number of hydrogen-bond acceptors (Lipinski definition) is 6. The van der Waals surface area contributed by atoms with Gasteiger partial charge in [-0.25, -0.2) is 0 Å². The summed E-state index contributed by atoms with van der Waals surface area (Å²) >= 11 is 0. The lowest BCUT2D eigenvalue weighted by Gasteiger charge is -2.14. The molecule has 1 N–H and O–H groups in total. The molecule has 6 heteroatoms. The minimum Gasteiger partial charge on any atom is -0.507 e. The Balaban J connectivity index is 1.84. The third-order valence-corrected chi connectivity index (χ3v) is 5.14. The Kier molecular flexibility index (Phi) is 2.73. The smallest absolute Gasteiger partial charge is 0.204 e. The molecule has 0 amide bonds. The van der Waals surface area contributed by atoms with Gasteiger partial charge in [0.1, 0.15) is 34.2 Å². The Morgan fingerprint density at radius 3 is 2.84 bits per heavy atom. The predicted molar refractivity (Wildman–Crippen MR) is 90.7 cm³/mol. The number of hydrogen-bond donors (Lipinski definition) is 1. The van der Waals surface area contributed by atoms with Crippen LogP contribution in [0.1, 0.15) is 12.5 Å². The number of rotatable bonds is 2. The molecule has 2 aliphatic heterocycles. The van der Waals surface area contributed by atoms with Gasteiger partial charge in [0.05, 0.1) is 19.1 Å². The second-order valence-corrected chi connectivity index (χ2v) is 6.76. The van der Waals surface area contributed by atoms with Gasteiger partial charge in [-0.15, -0.1) is 0 Å². The van der Waals surface area contributed by atoms with E-state index in [2.05, 4.69) is 0 Å². The lowest BCUT2D eigenvalue weighted by Crippen LogP contribution is -2.30. The van der Waals surface area contributed by atoms with E-state index in [1.54, 1.807) is 18.2 Å². The number of fused-ring (bicyclic) bond motifs is 4. The highest BCUT2D eigenvalue weighted by Crippen LogP contribution is 2.45. The molecule has 1 fully saturated rings. The molecule has 3 heterocycles. The summed E-state index contributed by atoms with van der Waals surface area (Å²) < 4.78 is 22.8. The van der Waals surface area contributed by atoms with Crippen molar-refractivity contribution in [2.75, 3.05) is 13.7 Å². The van der Waals surface area contributed by atoms with Crippen molar-refractivity contribution in [1.29, 1.82) is 0 Å². The zero-order valence-corrected chi connectivity index (χ0v) is 13.8. The van der Waals surface area contributed by atoms with Gasteiger partial charge in [-0.1, -0.05) is 6.07 Å². The molecule has 0 saturated carbocycles. The molecule has 25 heavy (non-hydrogen) atoms. The van der Waals surface area contributed by atoms with Crippen LogP contribution in [0.5, 0.6) is 17.2 Å². The average Bonchev–Trinajstić information content (AvgIpc) is 3.20. The second-order valence-electron chi connectivity index (χ2n) is 6.76. The first-order valence-electron chi connectivity index (χ1n) is 8.11. The highest BCUT2D eigenvalue weighted by Gasteiger charge is 2.51. The van der Waals surface area contributed by atoms with E-state index in [1.807, 2.05) is 6.92 Å². The number of phenols is 1. The van der Waals surface area contributed by atoms with Crippen LogP contribution >= 0.6 is 0 Å². The van der Waals surface area contributed by atoms with Crippen molar-refractivity contribution in [3.63, 3.8) is 0 Å². The molecule has 5 rings (SSSR count). The summed E-state index contributed by atoms with van der Waals surface area (Å²) in [6, 6.07) is 6.61. The molecule has 2 atom stereocenters. The summed E-state index contributed by atoms with van der Waals surface area (Å²) in [5.41, 5.74) is 0.888. The first-order chi connectivity index (χ1) is 12.0. The maximum Gasteiger partial charge on any atom is 0.204 e. The van der Waals surface area contributed by atoms with Gasteiger partial charge in [-0.2, -0.15) is 0 Å². The van der Waals surface area contributed by atoms with Crippen LogP contribution in [-0.2, 0) is 11.2 Å². The van der Waals surface area contributed by atoms with Gasteiger partial charge < -0.3 is 23.7 Å². The van der Waals surface area contributed by atoms with Crippen LogP contribution in [0.15, 0.2) is 33.5 Å². The van der Waals surface area contributed by atoms with Crippen molar-refractivity contribution in [2.24, 2.45) is 0 Å². The van der Waals surface area contributed by atoms with E-state index < -0.39 is 0 Å². The van der Waals surface area contributed by atoms with E-state index in [0.717, 1.165) is 5.56 Å². The van der Waals surface area contributed by atoms with Crippen molar-refractivity contribution < 1.29 is 23.7 Å². The van der Waals surface area contributed by atoms with Crippen LogP contribution in [0.4, 0.5) is 0 Å². The van der Waals surface area contributed by atoms with E-state index in [1.165, 1.54) is 13.2 Å². The van der Waals surface area contributed by atoms with Crippen LogP contribution in [0.25, 0.3) is 21.9 Å². The van der Waals surface area contributed by atoms with Crippen molar-refractivity contribution in [1.82, 2.24) is 0 Å². The second kappa shape index (κ2) is 4.67. The minimum atomic E-state index is -0.324. The highest BCUT2D eigenvalue weighted by atomic mass is 16.6. The lowest BCUT2D eigenvalue weighted by atomic mass is 9.98. The summed E-state index contributed by atoms with van der Waals surface area (Å²) in [7, 11) is 1.52. The number of phenolic OH excluding ortho intramolecular Hbond substituents is 1. The van der Waals surface area contributed by atoms with Gasteiger partial charge in [-0.05, 0) is 19.1 Å². The van der Waals surface area contributed by atoms with E-state index in [9.17, 15) is 9.90 Å². The maximum absolute atomic E-state index is 12.9. The molecule has 0 unspecified atom stereocenters. The van der Waals surface area contributed by atoms with E-state index >= 15 is 0 Å². The van der Waals surface area contributed by atoms with Gasteiger partial charge in [0.2, 0.25) is 5.43 Å². The summed E-state index contributed by atoms with van der Waals surface area (Å²) in [6.07, 6.45) is 0.401. The Bertz CT molecular complexity index is 1090. The zero-order chi connectivity index (χ0) is 17.3. The summed E-state index contributed by atoms with van der Waals surface area (Å²) in [4.78, 5) is 12.9. The molecule has 1 saturated heterocycles. The molecule has 3 aromatic rings. The molecule has 0 bridgehead atoms. The zero-order valence-electron chi connectivity index (χ0n) is 13.8. The van der Waals surface area contributed by atoms with Crippen LogP contribution in [-0.4, -0.2) is 30.5 Å². The van der Waals surface area contributed by atoms with E-state index in [0.29, 0.717) is 41.1 Å². The van der Waals surface area contributed by atoms with Crippen molar-refractivity contribution in [3.8, 4) is 17.2 Å². The molecule has 2 aromatic carbocycles. The standard InChI is InChI=1S/C19H16O6/c1-19(8-23-19)14-6-10-13(24-14)7-11(20)15-16(21)9-4-3-5-12(22-2)17(9)25-18(10)15/h3-5,7,14,20H,6,8H2,1-2H3/t14-,19-/m1/s1. The number of methoxy groups -OCH3 is 1. The molecule has 0 spiro atoms. The number of aromatic hydroxyl groups is 1. The molecular weight excluding hydrogens is 324 g/mol. The Hall–Kier alpha value is -2.73. The van der Waals surface area contributed by atoms with Crippen molar-refractivity contribution in [3.05, 3.63) is 40.1 Å². The molecular formula is C19H16O6. The van der Waals surface area contributed by atoms with Crippen LogP contribution in [0.3, 0.4) is 0 Å². The van der Waals surface area contributed by atoms with Gasteiger partial charge in [0.15, 0.2) is 11.3 Å². The van der Waals surface area contributed by atoms with Gasteiger partial charge in [0.25, 0.3) is 0 Å². The van der Waals surface area contributed by atoms with E-state index in [-0.39, 0.29) is 28.3 Å². The fourth-order valence-corrected chi connectivity index (χ4v) is 3.51.